The lowest BCUT2D eigenvalue weighted by atomic mass is 9.89. The van der Waals surface area contributed by atoms with Crippen LogP contribution in [-0.4, -0.2) is 169 Å². The molecule has 16 rings (SSSR count). The molecule has 0 spiro atoms. The number of amides is 4. The average molecular weight is 1710 g/mol. The number of fused-ring (bicyclic) bond motifs is 8. The number of benzene rings is 4. The third-order valence-electron chi connectivity index (χ3n) is 22.9. The molecule has 4 aliphatic heterocycles. The molecule has 4 aliphatic carbocycles. The highest BCUT2D eigenvalue weighted by Gasteiger charge is 2.66. The first-order chi connectivity index (χ1) is 53.7. The second-order valence-electron chi connectivity index (χ2n) is 32.8. The Kier molecular flexibility index (Phi) is 24.5. The second kappa shape index (κ2) is 33.3. The number of alkyl halides is 4. The Labute approximate surface area is 682 Å². The van der Waals surface area contributed by atoms with Crippen LogP contribution < -0.4 is 24.7 Å². The number of thiazole rings is 2. The van der Waals surface area contributed by atoms with Crippen molar-refractivity contribution in [3.05, 3.63) is 97.1 Å². The van der Waals surface area contributed by atoms with E-state index >= 15 is 17.6 Å². The van der Waals surface area contributed by atoms with Crippen LogP contribution in [0.15, 0.2) is 97.1 Å². The molecule has 35 heteroatoms. The number of ether oxygens (including phenoxy) is 3. The molecule has 4 aromatic heterocycles. The number of aromatic nitrogens is 6. The highest BCUT2D eigenvalue weighted by Crippen LogP contribution is 2.62. The number of carbonyl (C=O) groups excluding carboxylic acids is 7. The van der Waals surface area contributed by atoms with Crippen molar-refractivity contribution in [1.29, 1.82) is 0 Å². The fraction of sp³-hybridized carbons (Fsp3) is 0.537. The first-order valence-corrected chi connectivity index (χ1v) is 43.5. The van der Waals surface area contributed by atoms with Crippen molar-refractivity contribution >= 4 is 151 Å². The van der Waals surface area contributed by atoms with Crippen molar-refractivity contribution in [3.63, 3.8) is 0 Å². The van der Waals surface area contributed by atoms with Crippen molar-refractivity contribution in [2.45, 2.75) is 227 Å². The number of nitrogens with one attached hydrogen (secondary N) is 2. The summed E-state index contributed by atoms with van der Waals surface area (Å²) in [5, 5.41) is -0.338. The zero-order valence-electron chi connectivity index (χ0n) is 63.5. The van der Waals surface area contributed by atoms with Crippen LogP contribution in [0.1, 0.15) is 168 Å². The van der Waals surface area contributed by atoms with Crippen LogP contribution in [0.4, 0.5) is 17.6 Å². The average Bonchev–Trinajstić information content (AvgIpc) is 1.57. The van der Waals surface area contributed by atoms with Gasteiger partial charge in [0.15, 0.2) is 23.0 Å². The number of nitrogens with two attached hydrogens (primary N) is 1. The predicted molar refractivity (Wildman–Crippen MR) is 428 cm³/mol. The molecule has 8 heterocycles. The van der Waals surface area contributed by atoms with Crippen molar-refractivity contribution < 1.29 is 82.2 Å². The summed E-state index contributed by atoms with van der Waals surface area (Å²) in [4.78, 5) is 130. The van der Waals surface area contributed by atoms with Crippen LogP contribution in [0.3, 0.4) is 0 Å². The van der Waals surface area contributed by atoms with E-state index in [4.69, 9.17) is 49.8 Å². The van der Waals surface area contributed by atoms with Gasteiger partial charge in [0.1, 0.15) is 27.8 Å². The third kappa shape index (κ3) is 19.0. The van der Waals surface area contributed by atoms with E-state index in [0.717, 1.165) is 20.4 Å². The number of halogens is 6. The molecule has 8 fully saturated rings. The van der Waals surface area contributed by atoms with E-state index in [2.05, 4.69) is 9.44 Å². The van der Waals surface area contributed by atoms with E-state index in [1.807, 2.05) is 84.9 Å². The first kappa shape index (κ1) is 84.7. The first-order valence-electron chi connectivity index (χ1n) is 38.8. The molecule has 25 nitrogen and oxygen atoms in total. The van der Waals surface area contributed by atoms with Gasteiger partial charge in [0, 0.05) is 57.3 Å². The van der Waals surface area contributed by atoms with Crippen LogP contribution >= 0.6 is 47.5 Å². The Bertz CT molecular complexity index is 5260. The van der Waals surface area contributed by atoms with Gasteiger partial charge in [0.2, 0.25) is 67.3 Å². The molecule has 0 bridgehead atoms. The summed E-state index contributed by atoms with van der Waals surface area (Å²) in [6, 6.07) is 26.6. The van der Waals surface area contributed by atoms with Crippen LogP contribution in [-0.2, 0) is 58.3 Å². The minimum atomic E-state index is -4.06. The summed E-state index contributed by atoms with van der Waals surface area (Å²) in [6.45, 7) is 5.03. The molecule has 4 amide bonds. The van der Waals surface area contributed by atoms with Crippen molar-refractivity contribution in [2.24, 2.45) is 34.3 Å². The Morgan fingerprint density at radius 1 is 0.522 bits per heavy atom. The molecule has 10 atom stereocenters. The number of ketones is 2. The lowest BCUT2D eigenvalue weighted by molar-refractivity contribution is -0.159. The molecule has 115 heavy (non-hydrogen) atoms. The fourth-order valence-electron chi connectivity index (χ4n) is 16.5. The molecule has 8 aromatic rings. The number of sulfonamides is 2. The molecular formula is C80H91Cl2F4N11O14S4. The van der Waals surface area contributed by atoms with Gasteiger partial charge in [0.05, 0.1) is 101 Å². The number of hydrogen-bond donors (Lipinski definition) is 3. The van der Waals surface area contributed by atoms with E-state index in [0.29, 0.717) is 94.8 Å². The van der Waals surface area contributed by atoms with Crippen molar-refractivity contribution in [2.75, 3.05) is 13.1 Å². The topological polar surface area (TPSA) is 349 Å². The maximum Gasteiger partial charge on any atom is 0.307 e. The Hall–Kier alpha value is -8.21. The third-order valence-corrected chi connectivity index (χ3v) is 28.7. The van der Waals surface area contributed by atoms with E-state index in [1.165, 1.54) is 32.5 Å². The van der Waals surface area contributed by atoms with Crippen molar-refractivity contribution in [3.8, 4) is 33.2 Å². The number of para-hydroxylation sites is 6. The molecule has 8 aliphatic rings. The van der Waals surface area contributed by atoms with Crippen LogP contribution in [0.25, 0.3) is 63.9 Å². The lowest BCUT2D eigenvalue weighted by Crippen LogP contribution is -2.49. The highest BCUT2D eigenvalue weighted by atomic mass is 35.5. The number of carbonyl (C=O) groups is 7. The van der Waals surface area contributed by atoms with E-state index in [1.54, 1.807) is 32.9 Å². The maximum atomic E-state index is 15.5. The van der Waals surface area contributed by atoms with Gasteiger partial charge >= 0.3 is 5.97 Å². The van der Waals surface area contributed by atoms with E-state index in [-0.39, 0.29) is 107 Å². The van der Waals surface area contributed by atoms with Crippen LogP contribution in [0.5, 0.6) is 11.8 Å². The predicted octanol–water partition coefficient (Wildman–Crippen LogP) is 13.2. The summed E-state index contributed by atoms with van der Waals surface area (Å²) >= 11 is 2.83. The van der Waals surface area contributed by atoms with Gasteiger partial charge in [-0.25, -0.2) is 64.3 Å². The summed E-state index contributed by atoms with van der Waals surface area (Å²) < 4.78 is 138. The number of esters is 1. The minimum absolute atomic E-state index is 0. The largest absolute Gasteiger partial charge is 0.471 e. The smallest absolute Gasteiger partial charge is 0.307 e. The summed E-state index contributed by atoms with van der Waals surface area (Å²) in [6.07, 6.45) is -1.36. The Morgan fingerprint density at radius 2 is 0.913 bits per heavy atom. The summed E-state index contributed by atoms with van der Waals surface area (Å²) in [5.74, 6) is -13.4. The van der Waals surface area contributed by atoms with Gasteiger partial charge in [-0.1, -0.05) is 74.2 Å². The molecule has 616 valence electrons. The molecular weight excluding hydrogens is 1610 g/mol. The lowest BCUT2D eigenvalue weighted by Gasteiger charge is -2.29. The Balaban J connectivity index is 0.000000198. The molecule has 4 N–H and O–H groups in total. The van der Waals surface area contributed by atoms with Gasteiger partial charge in [-0.3, -0.25) is 43.0 Å². The fourth-order valence-corrected chi connectivity index (χ4v) is 21.2. The van der Waals surface area contributed by atoms with Gasteiger partial charge in [-0.2, -0.15) is 0 Å². The second-order valence-corrected chi connectivity index (χ2v) is 38.8. The molecule has 4 aromatic carbocycles. The van der Waals surface area contributed by atoms with Gasteiger partial charge in [0.25, 0.3) is 0 Å². The monoisotopic (exact) mass is 1700 g/mol. The normalized spacial score (nSPS) is 26.8. The molecule has 4 saturated carbocycles. The van der Waals surface area contributed by atoms with Crippen molar-refractivity contribution in [1.82, 2.24) is 49.1 Å². The number of nitrogens with zero attached hydrogens (tertiary/aromatic N) is 8. The molecule has 0 unspecified atom stereocenters. The standard InChI is InChI=1S/C43H49F2N5O8S2.C37H40F2N6O6S2.2ClH/c1-41(2,3)58-35(52)19-25-11-5-4-10-18-43(44,45)22-26-21-42(26,40(54)49-60(55,56)28-16-17-28)23-33(51)32-20-27(24-50(32)39(25)53)57-37-36(46-29-12-6-7-13-30(29)47-37)38-48-31-14-8-9-15-34(31)59-38;38-37(39)15-7-1-2-8-24(40)34(47)45-20-22(16-28(45)29(46)19-36(17-21(36)18-37)35(48)44-53(49,50)23-13-14-23)51-32-31(41-25-9-3-4-10-26(25)42-32)33-43-27-11-5-6-12-30(27)52-33;;/h6-9,12-15,25-28,32H,4-5,10-11,16-24H2,1-3H3,(H,49,54);3-6,9-12,21-24,28H,1-2,7-8,13-20,40H2,(H,44,48);2*1H/t25-,26+,27-,32+,42-;21-,22+,24-,28-,36+;;/m10../s1. The summed E-state index contributed by atoms with van der Waals surface area (Å²) in [5.41, 5.74) is 6.86. The van der Waals surface area contributed by atoms with Gasteiger partial charge in [-0.15, -0.1) is 47.5 Å². The van der Waals surface area contributed by atoms with Gasteiger partial charge < -0.3 is 29.7 Å². The van der Waals surface area contributed by atoms with Crippen LogP contribution in [0.2, 0.25) is 0 Å². The van der Waals surface area contributed by atoms with Gasteiger partial charge in [-0.05, 0) is 145 Å². The highest BCUT2D eigenvalue weighted by molar-refractivity contribution is 7.91. The zero-order valence-corrected chi connectivity index (χ0v) is 68.4. The maximum absolute atomic E-state index is 15.5. The summed E-state index contributed by atoms with van der Waals surface area (Å²) in [7, 11) is -8.06. The number of rotatable bonds is 14. The quantitative estimate of drug-likeness (QED) is 0.0672. The Morgan fingerprint density at radius 3 is 1.32 bits per heavy atom. The zero-order chi connectivity index (χ0) is 79.7. The van der Waals surface area contributed by atoms with E-state index < -0.39 is 187 Å². The number of hydrogen-bond acceptors (Lipinski definition) is 23. The minimum Gasteiger partial charge on any atom is -0.471 e. The SMILES string of the molecule is CC(C)(C)OC(=O)C[C@H]1CCCCCC(F)(F)C[C@@H]2C[C@@]2(C(=O)NS(=O)(=O)C2CC2)CC(=O)[C@@H]2C[C@@H](Oc3nc4ccccc4nc3-c3nc4ccccc4s3)CN2C1=O.Cl.Cl.N[C@H]1CCCCCC(F)(F)C[C@@H]2C[C@@]2(C(=O)NS(=O)(=O)C2CC2)CC(=O)[C@@H]2C[C@@H](Oc3nc4ccccc4nc3-c3nc4ccccc4s3)CN2C1=O. The molecule has 0 radical (unpaired) electrons. The molecule has 4 saturated heterocycles. The number of Topliss-reactive ketones (excluding diaryl/α,β-unsaturated/α-hetero) is 2. The van der Waals surface area contributed by atoms with E-state index in [9.17, 15) is 50.4 Å². The van der Waals surface area contributed by atoms with Crippen LogP contribution in [0, 0.1) is 28.6 Å².